The van der Waals surface area contributed by atoms with E-state index in [1.807, 2.05) is 20.8 Å². The minimum Gasteiger partial charge on any atom is -0.393 e. The SMILES string of the molecule is Cn1ncc(N)c1OC(=O)N([C@H]1CCNC1)C(C)(C)C. The number of carbonyl (C=O) groups excluding carboxylic acids is 1. The molecule has 1 aromatic heterocycles. The molecule has 1 amide bonds. The second kappa shape index (κ2) is 5.32. The van der Waals surface area contributed by atoms with Gasteiger partial charge in [0.05, 0.1) is 6.20 Å². The molecule has 20 heavy (non-hydrogen) atoms. The molecule has 0 aliphatic carbocycles. The van der Waals surface area contributed by atoms with Gasteiger partial charge in [-0.25, -0.2) is 9.48 Å². The molecular weight excluding hydrogens is 258 g/mol. The van der Waals surface area contributed by atoms with Crippen molar-refractivity contribution in [1.82, 2.24) is 20.0 Å². The molecule has 0 spiro atoms. The van der Waals surface area contributed by atoms with Crippen molar-refractivity contribution in [3.63, 3.8) is 0 Å². The fourth-order valence-electron chi connectivity index (χ4n) is 2.53. The van der Waals surface area contributed by atoms with Crippen molar-refractivity contribution in [2.24, 2.45) is 7.05 Å². The molecule has 2 rings (SSSR count). The lowest BCUT2D eigenvalue weighted by Gasteiger charge is -2.38. The van der Waals surface area contributed by atoms with Crippen molar-refractivity contribution in [1.29, 1.82) is 0 Å². The van der Waals surface area contributed by atoms with E-state index in [9.17, 15) is 4.79 Å². The van der Waals surface area contributed by atoms with Crippen LogP contribution in [0.2, 0.25) is 0 Å². The molecule has 1 fully saturated rings. The highest BCUT2D eigenvalue weighted by Crippen LogP contribution is 2.25. The molecule has 112 valence electrons. The Balaban J connectivity index is 2.19. The Bertz CT molecular complexity index is 466. The number of nitrogens with one attached hydrogen (secondary N) is 1. The van der Waals surface area contributed by atoms with Crippen LogP contribution in [0.4, 0.5) is 10.5 Å². The van der Waals surface area contributed by atoms with Crippen LogP contribution in [0.25, 0.3) is 0 Å². The van der Waals surface area contributed by atoms with Crippen molar-refractivity contribution >= 4 is 11.8 Å². The number of nitrogens with two attached hydrogens (primary N) is 1. The van der Waals surface area contributed by atoms with Gasteiger partial charge in [-0.2, -0.15) is 5.10 Å². The third-order valence-corrected chi connectivity index (χ3v) is 3.41. The average Bonchev–Trinajstić information content (AvgIpc) is 2.93. The number of hydrogen-bond donors (Lipinski definition) is 2. The zero-order valence-electron chi connectivity index (χ0n) is 12.5. The molecule has 7 nitrogen and oxygen atoms in total. The summed E-state index contributed by atoms with van der Waals surface area (Å²) in [5.41, 5.74) is 5.80. The van der Waals surface area contributed by atoms with E-state index in [1.165, 1.54) is 10.9 Å². The first kappa shape index (κ1) is 14.6. The van der Waals surface area contributed by atoms with E-state index >= 15 is 0 Å². The molecule has 0 saturated carbocycles. The number of amides is 1. The maximum absolute atomic E-state index is 12.5. The smallest absolute Gasteiger partial charge is 0.393 e. The lowest BCUT2D eigenvalue weighted by Crippen LogP contribution is -2.53. The molecule has 1 atom stereocenters. The number of aromatic nitrogens is 2. The van der Waals surface area contributed by atoms with Gasteiger partial charge in [0.2, 0.25) is 5.88 Å². The number of rotatable bonds is 2. The fourth-order valence-corrected chi connectivity index (χ4v) is 2.53. The van der Waals surface area contributed by atoms with Crippen LogP contribution in [0.5, 0.6) is 5.88 Å². The summed E-state index contributed by atoms with van der Waals surface area (Å²) in [7, 11) is 1.69. The second-order valence-electron chi connectivity index (χ2n) is 6.08. The fraction of sp³-hybridized carbons (Fsp3) is 0.692. The molecule has 7 heteroatoms. The van der Waals surface area contributed by atoms with E-state index in [0.29, 0.717) is 5.69 Å². The molecule has 0 aromatic carbocycles. The van der Waals surface area contributed by atoms with Gasteiger partial charge in [0.1, 0.15) is 5.69 Å². The Morgan fingerprint density at radius 2 is 2.30 bits per heavy atom. The molecule has 1 aliphatic rings. The Hall–Kier alpha value is -1.76. The molecule has 0 bridgehead atoms. The predicted octanol–water partition coefficient (Wildman–Crippen LogP) is 0.964. The van der Waals surface area contributed by atoms with Crippen LogP contribution in [0, 0.1) is 0 Å². The number of carbonyl (C=O) groups is 1. The molecule has 1 saturated heterocycles. The topological polar surface area (TPSA) is 85.4 Å². The number of anilines is 1. The number of nitrogens with zero attached hydrogens (tertiary/aromatic N) is 3. The molecular formula is C13H23N5O2. The first-order valence-corrected chi connectivity index (χ1v) is 6.80. The highest BCUT2D eigenvalue weighted by atomic mass is 16.6. The Kier molecular flexibility index (Phi) is 3.89. The van der Waals surface area contributed by atoms with Crippen LogP contribution in [0.3, 0.4) is 0 Å². The number of nitrogen functional groups attached to an aromatic ring is 1. The summed E-state index contributed by atoms with van der Waals surface area (Å²) < 4.78 is 6.91. The lowest BCUT2D eigenvalue weighted by atomic mass is 10.0. The van der Waals surface area contributed by atoms with Gasteiger partial charge in [0.25, 0.3) is 0 Å². The summed E-state index contributed by atoms with van der Waals surface area (Å²) >= 11 is 0. The molecule has 0 radical (unpaired) electrons. The molecule has 0 unspecified atom stereocenters. The normalized spacial score (nSPS) is 19.1. The summed E-state index contributed by atoms with van der Waals surface area (Å²) in [5, 5.41) is 7.24. The average molecular weight is 281 g/mol. The second-order valence-corrected chi connectivity index (χ2v) is 6.08. The van der Waals surface area contributed by atoms with Gasteiger partial charge >= 0.3 is 6.09 Å². The Morgan fingerprint density at radius 3 is 2.75 bits per heavy atom. The summed E-state index contributed by atoms with van der Waals surface area (Å²) in [6.07, 6.45) is 2.01. The first-order chi connectivity index (χ1) is 9.30. The van der Waals surface area contributed by atoms with Gasteiger partial charge in [0.15, 0.2) is 0 Å². The Labute approximate surface area is 119 Å². The van der Waals surface area contributed by atoms with E-state index in [0.717, 1.165) is 19.5 Å². The van der Waals surface area contributed by atoms with Crippen LogP contribution in [0.1, 0.15) is 27.2 Å². The molecule has 3 N–H and O–H groups in total. The quantitative estimate of drug-likeness (QED) is 0.843. The molecule has 2 heterocycles. The highest BCUT2D eigenvalue weighted by Gasteiger charge is 2.36. The van der Waals surface area contributed by atoms with Gasteiger partial charge in [-0.3, -0.25) is 4.90 Å². The largest absolute Gasteiger partial charge is 0.417 e. The van der Waals surface area contributed by atoms with Crippen LogP contribution in [-0.4, -0.2) is 45.4 Å². The summed E-state index contributed by atoms with van der Waals surface area (Å²) in [6, 6.07) is 0.136. The highest BCUT2D eigenvalue weighted by molar-refractivity contribution is 5.73. The van der Waals surface area contributed by atoms with Crippen molar-refractivity contribution in [3.05, 3.63) is 6.20 Å². The number of hydrogen-bond acceptors (Lipinski definition) is 5. The number of aryl methyl sites for hydroxylation is 1. The number of ether oxygens (including phenoxy) is 1. The van der Waals surface area contributed by atoms with Gasteiger partial charge in [0, 0.05) is 25.2 Å². The lowest BCUT2D eigenvalue weighted by molar-refractivity contribution is 0.0793. The first-order valence-electron chi connectivity index (χ1n) is 6.80. The van der Waals surface area contributed by atoms with E-state index in [1.54, 1.807) is 11.9 Å². The maximum Gasteiger partial charge on any atom is 0.417 e. The molecule has 1 aromatic rings. The van der Waals surface area contributed by atoms with Crippen LogP contribution in [0.15, 0.2) is 6.20 Å². The van der Waals surface area contributed by atoms with E-state index < -0.39 is 0 Å². The molecule has 1 aliphatic heterocycles. The summed E-state index contributed by atoms with van der Waals surface area (Å²) in [6.45, 7) is 7.70. The third-order valence-electron chi connectivity index (χ3n) is 3.41. The predicted molar refractivity (Wildman–Crippen MR) is 76.5 cm³/mol. The standard InChI is InChI=1S/C13H23N5O2/c1-13(2,3)18(9-5-6-15-7-9)12(19)20-11-10(14)8-16-17(11)4/h8-9,15H,5-7,14H2,1-4H3/t9-/m0/s1. The van der Waals surface area contributed by atoms with Gasteiger partial charge < -0.3 is 15.8 Å². The van der Waals surface area contributed by atoms with E-state index in [2.05, 4.69) is 10.4 Å². The minimum absolute atomic E-state index is 0.136. The maximum atomic E-state index is 12.5. The van der Waals surface area contributed by atoms with Gasteiger partial charge in [-0.05, 0) is 33.7 Å². The van der Waals surface area contributed by atoms with Crippen molar-refractivity contribution < 1.29 is 9.53 Å². The monoisotopic (exact) mass is 281 g/mol. The van der Waals surface area contributed by atoms with Gasteiger partial charge in [-0.1, -0.05) is 0 Å². The Morgan fingerprint density at radius 1 is 1.60 bits per heavy atom. The zero-order chi connectivity index (χ0) is 14.9. The van der Waals surface area contributed by atoms with Crippen molar-refractivity contribution in [3.8, 4) is 5.88 Å². The van der Waals surface area contributed by atoms with E-state index in [-0.39, 0.29) is 23.6 Å². The van der Waals surface area contributed by atoms with Crippen molar-refractivity contribution in [2.45, 2.75) is 38.8 Å². The third kappa shape index (κ3) is 2.87. The van der Waals surface area contributed by atoms with Crippen LogP contribution >= 0.6 is 0 Å². The van der Waals surface area contributed by atoms with Crippen LogP contribution < -0.4 is 15.8 Å². The van der Waals surface area contributed by atoms with Gasteiger partial charge in [-0.15, -0.1) is 0 Å². The summed E-state index contributed by atoms with van der Waals surface area (Å²) in [5.74, 6) is 0.287. The van der Waals surface area contributed by atoms with Crippen molar-refractivity contribution in [2.75, 3.05) is 18.8 Å². The van der Waals surface area contributed by atoms with E-state index in [4.69, 9.17) is 10.5 Å². The zero-order valence-corrected chi connectivity index (χ0v) is 12.5. The minimum atomic E-state index is -0.388. The summed E-state index contributed by atoms with van der Waals surface area (Å²) in [4.78, 5) is 14.3. The van der Waals surface area contributed by atoms with Crippen LogP contribution in [-0.2, 0) is 7.05 Å².